The molecule has 3 aromatic rings. The molecule has 0 radical (unpaired) electrons. The SMILES string of the molecule is CNC(=O)c1cc(CCc2cnc(Nc3cnn(CC(O)O)c3)nc2)c(Cl)c(OC)c1. The van der Waals surface area contributed by atoms with E-state index in [9.17, 15) is 4.79 Å². The smallest absolute Gasteiger partial charge is 0.251 e. The first-order valence-corrected chi connectivity index (χ1v) is 9.82. The molecule has 0 aliphatic heterocycles. The van der Waals surface area contributed by atoms with Crippen LogP contribution in [0.4, 0.5) is 11.6 Å². The van der Waals surface area contributed by atoms with E-state index in [4.69, 9.17) is 26.6 Å². The van der Waals surface area contributed by atoms with Crippen molar-refractivity contribution in [3.05, 3.63) is 58.6 Å². The number of hydrogen-bond donors (Lipinski definition) is 4. The molecule has 4 N–H and O–H groups in total. The Balaban J connectivity index is 1.65. The second-order valence-electron chi connectivity index (χ2n) is 6.70. The summed E-state index contributed by atoms with van der Waals surface area (Å²) >= 11 is 6.41. The summed E-state index contributed by atoms with van der Waals surface area (Å²) in [6, 6.07) is 3.36. The molecule has 0 bridgehead atoms. The summed E-state index contributed by atoms with van der Waals surface area (Å²) in [5.41, 5.74) is 2.78. The molecule has 10 nitrogen and oxygen atoms in total. The number of nitrogens with zero attached hydrogens (tertiary/aromatic N) is 4. The van der Waals surface area contributed by atoms with Crippen molar-refractivity contribution >= 4 is 29.1 Å². The van der Waals surface area contributed by atoms with Crippen molar-refractivity contribution in [1.82, 2.24) is 25.1 Å². The first-order valence-electron chi connectivity index (χ1n) is 9.44. The third-order valence-electron chi connectivity index (χ3n) is 4.45. The average molecular weight is 447 g/mol. The molecule has 1 amide bonds. The van der Waals surface area contributed by atoms with Crippen molar-refractivity contribution in [3.63, 3.8) is 0 Å². The Hall–Kier alpha value is -3.21. The topological polar surface area (TPSA) is 134 Å². The summed E-state index contributed by atoms with van der Waals surface area (Å²) in [7, 11) is 3.07. The van der Waals surface area contributed by atoms with Crippen molar-refractivity contribution in [3.8, 4) is 5.75 Å². The van der Waals surface area contributed by atoms with Crippen LogP contribution >= 0.6 is 11.6 Å². The Morgan fingerprint density at radius 3 is 2.61 bits per heavy atom. The van der Waals surface area contributed by atoms with Crippen molar-refractivity contribution in [2.24, 2.45) is 0 Å². The molecule has 0 fully saturated rings. The van der Waals surface area contributed by atoms with Gasteiger partial charge in [-0.1, -0.05) is 11.6 Å². The van der Waals surface area contributed by atoms with Gasteiger partial charge in [-0.15, -0.1) is 0 Å². The number of rotatable bonds is 9. The van der Waals surface area contributed by atoms with E-state index in [-0.39, 0.29) is 12.5 Å². The quantitative estimate of drug-likeness (QED) is 0.363. The number of hydrogen-bond acceptors (Lipinski definition) is 8. The second-order valence-corrected chi connectivity index (χ2v) is 7.08. The Bertz CT molecular complexity index is 1040. The van der Waals surface area contributed by atoms with Gasteiger partial charge in [0, 0.05) is 31.2 Å². The van der Waals surface area contributed by atoms with Crippen LogP contribution in [0.5, 0.6) is 5.75 Å². The minimum Gasteiger partial charge on any atom is -0.495 e. The first kappa shape index (κ1) is 22.5. The van der Waals surface area contributed by atoms with Gasteiger partial charge in [0.15, 0.2) is 6.29 Å². The van der Waals surface area contributed by atoms with E-state index >= 15 is 0 Å². The molecule has 3 rings (SSSR count). The zero-order valence-electron chi connectivity index (χ0n) is 17.0. The van der Waals surface area contributed by atoms with Gasteiger partial charge in [-0.05, 0) is 36.1 Å². The van der Waals surface area contributed by atoms with Gasteiger partial charge in [-0.2, -0.15) is 5.10 Å². The maximum Gasteiger partial charge on any atom is 0.251 e. The number of aliphatic hydroxyl groups is 2. The lowest BCUT2D eigenvalue weighted by Gasteiger charge is -2.12. The standard InChI is InChI=1S/C20H23ClN6O4/c1-22-19(30)14-5-13(18(21)16(6-14)31-2)4-3-12-7-23-20(24-8-12)26-15-9-25-27(10-15)11-17(28)29/h5-10,17,28-29H,3-4,11H2,1-2H3,(H,22,30)(H,23,24,26). The Labute approximate surface area is 183 Å². The Kier molecular flexibility index (Phi) is 7.40. The number of aromatic nitrogens is 4. The number of carbonyl (C=O) groups is 1. The number of amides is 1. The monoisotopic (exact) mass is 446 g/mol. The lowest BCUT2D eigenvalue weighted by atomic mass is 10.0. The maximum absolute atomic E-state index is 12.0. The predicted molar refractivity (Wildman–Crippen MR) is 115 cm³/mol. The molecule has 0 spiro atoms. The van der Waals surface area contributed by atoms with Crippen molar-refractivity contribution in [2.45, 2.75) is 25.7 Å². The average Bonchev–Trinajstić information content (AvgIpc) is 3.19. The Morgan fingerprint density at radius 1 is 1.23 bits per heavy atom. The molecule has 0 saturated carbocycles. The molecule has 2 heterocycles. The second kappa shape index (κ2) is 10.2. The third kappa shape index (κ3) is 5.91. The minimum atomic E-state index is -1.48. The van der Waals surface area contributed by atoms with Crippen LogP contribution in [-0.4, -0.2) is 56.3 Å². The number of halogens is 1. The lowest BCUT2D eigenvalue weighted by molar-refractivity contribution is -0.0534. The van der Waals surface area contributed by atoms with Crippen LogP contribution in [0.2, 0.25) is 5.02 Å². The molecule has 0 atom stereocenters. The van der Waals surface area contributed by atoms with Crippen LogP contribution in [0.15, 0.2) is 36.9 Å². The van der Waals surface area contributed by atoms with Crippen LogP contribution in [0.1, 0.15) is 21.5 Å². The molecule has 11 heteroatoms. The molecular formula is C20H23ClN6O4. The number of aliphatic hydroxyl groups excluding tert-OH is 1. The van der Waals surface area contributed by atoms with Gasteiger partial charge in [0.25, 0.3) is 5.91 Å². The largest absolute Gasteiger partial charge is 0.495 e. The van der Waals surface area contributed by atoms with Crippen molar-refractivity contribution in [1.29, 1.82) is 0 Å². The molecule has 0 unspecified atom stereocenters. The number of benzene rings is 1. The third-order valence-corrected chi connectivity index (χ3v) is 4.88. The summed E-state index contributed by atoms with van der Waals surface area (Å²) in [6.07, 6.45) is 6.27. The zero-order chi connectivity index (χ0) is 22.4. The minimum absolute atomic E-state index is 0.0318. The summed E-state index contributed by atoms with van der Waals surface area (Å²) in [6.45, 7) is -0.0318. The summed E-state index contributed by atoms with van der Waals surface area (Å²) in [5.74, 6) is 0.615. The summed E-state index contributed by atoms with van der Waals surface area (Å²) < 4.78 is 6.68. The molecular weight excluding hydrogens is 424 g/mol. The van der Waals surface area contributed by atoms with Crippen LogP contribution in [0.25, 0.3) is 0 Å². The van der Waals surface area contributed by atoms with E-state index in [1.807, 2.05) is 0 Å². The number of anilines is 2. The molecule has 1 aromatic carbocycles. The first-order chi connectivity index (χ1) is 14.9. The highest BCUT2D eigenvalue weighted by Gasteiger charge is 2.14. The fourth-order valence-electron chi connectivity index (χ4n) is 2.91. The number of ether oxygens (including phenoxy) is 1. The van der Waals surface area contributed by atoms with E-state index in [2.05, 4.69) is 25.7 Å². The van der Waals surface area contributed by atoms with Gasteiger partial charge in [0.05, 0.1) is 30.6 Å². The molecule has 164 valence electrons. The summed E-state index contributed by atoms with van der Waals surface area (Å²) in [4.78, 5) is 20.6. The van der Waals surface area contributed by atoms with Gasteiger partial charge in [-0.25, -0.2) is 9.97 Å². The lowest BCUT2D eigenvalue weighted by Crippen LogP contribution is -2.18. The molecule has 0 saturated heterocycles. The van der Waals surface area contributed by atoms with Gasteiger partial charge < -0.3 is 25.6 Å². The van der Waals surface area contributed by atoms with E-state index in [0.29, 0.717) is 40.8 Å². The zero-order valence-corrected chi connectivity index (χ0v) is 17.8. The van der Waals surface area contributed by atoms with Gasteiger partial charge in [0.2, 0.25) is 5.95 Å². The number of carbonyl (C=O) groups excluding carboxylic acids is 1. The number of methoxy groups -OCH3 is 1. The normalized spacial score (nSPS) is 10.9. The van der Waals surface area contributed by atoms with E-state index in [1.54, 1.807) is 37.8 Å². The predicted octanol–water partition coefficient (Wildman–Crippen LogP) is 1.53. The molecule has 2 aromatic heterocycles. The van der Waals surface area contributed by atoms with Crippen LogP contribution in [-0.2, 0) is 19.4 Å². The molecule has 0 aliphatic rings. The Morgan fingerprint density at radius 2 is 1.97 bits per heavy atom. The van der Waals surface area contributed by atoms with Gasteiger partial charge in [-0.3, -0.25) is 9.48 Å². The number of nitrogens with one attached hydrogen (secondary N) is 2. The molecule has 0 aliphatic carbocycles. The van der Waals surface area contributed by atoms with Crippen molar-refractivity contribution < 1.29 is 19.7 Å². The fraction of sp³-hybridized carbons (Fsp3) is 0.300. The fourth-order valence-corrected chi connectivity index (χ4v) is 3.19. The molecule has 31 heavy (non-hydrogen) atoms. The number of aryl methyl sites for hydroxylation is 2. The highest BCUT2D eigenvalue weighted by molar-refractivity contribution is 6.33. The van der Waals surface area contributed by atoms with Crippen LogP contribution < -0.4 is 15.4 Å². The van der Waals surface area contributed by atoms with E-state index < -0.39 is 6.29 Å². The summed E-state index contributed by atoms with van der Waals surface area (Å²) in [5, 5.41) is 28.0. The highest BCUT2D eigenvalue weighted by Crippen LogP contribution is 2.31. The van der Waals surface area contributed by atoms with Crippen LogP contribution in [0.3, 0.4) is 0 Å². The van der Waals surface area contributed by atoms with E-state index in [0.717, 1.165) is 11.1 Å². The van der Waals surface area contributed by atoms with Gasteiger partial charge in [0.1, 0.15) is 5.75 Å². The van der Waals surface area contributed by atoms with Crippen LogP contribution in [0, 0.1) is 0 Å². The highest BCUT2D eigenvalue weighted by atomic mass is 35.5. The maximum atomic E-state index is 12.0. The van der Waals surface area contributed by atoms with Crippen molar-refractivity contribution in [2.75, 3.05) is 19.5 Å². The van der Waals surface area contributed by atoms with E-state index in [1.165, 1.54) is 18.0 Å². The van der Waals surface area contributed by atoms with Gasteiger partial charge >= 0.3 is 0 Å².